The van der Waals surface area contributed by atoms with Crippen molar-refractivity contribution in [3.63, 3.8) is 0 Å². The number of oxazole rings is 1. The molecular formula is C31H32N2O6. The SMILES string of the molecule is Cc1ccc(OC(=O)N(CC(=O)O)Cc2ccc(OCC(C)(C)c3nc(-c4ccccc4)oc3C)cc2)cc1. The van der Waals surface area contributed by atoms with Gasteiger partial charge in [0, 0.05) is 17.5 Å². The number of ether oxygens (including phenoxy) is 2. The lowest BCUT2D eigenvalue weighted by Crippen LogP contribution is -2.37. The van der Waals surface area contributed by atoms with Gasteiger partial charge in [-0.2, -0.15) is 0 Å². The summed E-state index contributed by atoms with van der Waals surface area (Å²) in [6, 6.07) is 23.9. The predicted molar refractivity (Wildman–Crippen MR) is 147 cm³/mol. The summed E-state index contributed by atoms with van der Waals surface area (Å²) < 4.78 is 17.4. The first kappa shape index (κ1) is 27.4. The zero-order valence-electron chi connectivity index (χ0n) is 22.5. The molecule has 8 heteroatoms. The molecule has 0 saturated heterocycles. The summed E-state index contributed by atoms with van der Waals surface area (Å²) in [4.78, 5) is 29.9. The van der Waals surface area contributed by atoms with Gasteiger partial charge in [0.2, 0.25) is 5.89 Å². The number of aryl methyl sites for hydroxylation is 2. The fraction of sp³-hybridized carbons (Fsp3) is 0.258. The number of carboxylic acids is 1. The summed E-state index contributed by atoms with van der Waals surface area (Å²) in [6.07, 6.45) is -0.735. The van der Waals surface area contributed by atoms with E-state index in [1.807, 2.05) is 70.2 Å². The number of carboxylic acid groups (broad SMARTS) is 1. The van der Waals surface area contributed by atoms with Crippen LogP contribution in [-0.4, -0.2) is 40.2 Å². The number of hydrogen-bond donors (Lipinski definition) is 1. The summed E-state index contributed by atoms with van der Waals surface area (Å²) >= 11 is 0. The standard InChI is InChI=1S/C31H32N2O6/c1-21-10-14-26(15-11-21)39-30(36)33(19-27(34)35)18-23-12-16-25(17-13-23)37-20-31(3,4)28-22(2)38-29(32-28)24-8-6-5-7-9-24/h5-17H,18-20H2,1-4H3,(H,34,35). The molecule has 202 valence electrons. The zero-order chi connectivity index (χ0) is 28.0. The van der Waals surface area contributed by atoms with Crippen LogP contribution in [0.5, 0.6) is 11.5 Å². The number of hydrogen-bond acceptors (Lipinski definition) is 6. The van der Waals surface area contributed by atoms with Gasteiger partial charge >= 0.3 is 12.1 Å². The fourth-order valence-electron chi connectivity index (χ4n) is 4.09. The van der Waals surface area contributed by atoms with Crippen LogP contribution < -0.4 is 9.47 Å². The summed E-state index contributed by atoms with van der Waals surface area (Å²) in [5, 5.41) is 9.30. The Morgan fingerprint density at radius 3 is 2.21 bits per heavy atom. The second kappa shape index (κ2) is 11.9. The molecule has 1 amide bonds. The van der Waals surface area contributed by atoms with Crippen molar-refractivity contribution in [1.82, 2.24) is 9.88 Å². The molecule has 8 nitrogen and oxygen atoms in total. The largest absolute Gasteiger partial charge is 0.493 e. The highest BCUT2D eigenvalue weighted by molar-refractivity contribution is 5.78. The van der Waals surface area contributed by atoms with Crippen LogP contribution in [0.4, 0.5) is 4.79 Å². The van der Waals surface area contributed by atoms with Gasteiger partial charge < -0.3 is 19.0 Å². The van der Waals surface area contributed by atoms with E-state index in [-0.39, 0.29) is 6.54 Å². The minimum Gasteiger partial charge on any atom is -0.493 e. The van der Waals surface area contributed by atoms with Crippen LogP contribution in [-0.2, 0) is 16.8 Å². The lowest BCUT2D eigenvalue weighted by Gasteiger charge is -2.23. The van der Waals surface area contributed by atoms with Crippen molar-refractivity contribution in [2.75, 3.05) is 13.2 Å². The molecule has 0 bridgehead atoms. The molecule has 0 radical (unpaired) electrons. The Kier molecular flexibility index (Phi) is 8.34. The Balaban J connectivity index is 1.39. The molecule has 1 aromatic heterocycles. The van der Waals surface area contributed by atoms with E-state index >= 15 is 0 Å². The summed E-state index contributed by atoms with van der Waals surface area (Å²) in [5.41, 5.74) is 3.09. The minimum absolute atomic E-state index is 0.0726. The lowest BCUT2D eigenvalue weighted by atomic mass is 9.89. The van der Waals surface area contributed by atoms with Crippen molar-refractivity contribution in [2.45, 2.75) is 39.7 Å². The molecule has 0 aliphatic carbocycles. The van der Waals surface area contributed by atoms with E-state index in [1.54, 1.807) is 36.4 Å². The number of aliphatic carboxylic acids is 1. The van der Waals surface area contributed by atoms with E-state index in [2.05, 4.69) is 0 Å². The molecular weight excluding hydrogens is 496 g/mol. The van der Waals surface area contributed by atoms with Crippen LogP contribution in [0, 0.1) is 13.8 Å². The van der Waals surface area contributed by atoms with E-state index in [4.69, 9.17) is 18.9 Å². The van der Waals surface area contributed by atoms with Crippen molar-refractivity contribution in [1.29, 1.82) is 0 Å². The lowest BCUT2D eigenvalue weighted by molar-refractivity contribution is -0.138. The number of aromatic nitrogens is 1. The summed E-state index contributed by atoms with van der Waals surface area (Å²) in [5.74, 6) is 1.19. The van der Waals surface area contributed by atoms with Crippen LogP contribution in [0.3, 0.4) is 0 Å². The maximum atomic E-state index is 12.7. The highest BCUT2D eigenvalue weighted by atomic mass is 16.6. The Morgan fingerprint density at radius 2 is 1.56 bits per heavy atom. The normalized spacial score (nSPS) is 11.2. The molecule has 0 fully saturated rings. The number of rotatable bonds is 10. The van der Waals surface area contributed by atoms with Crippen LogP contribution in [0.1, 0.15) is 36.4 Å². The van der Waals surface area contributed by atoms with Gasteiger partial charge in [-0.1, -0.05) is 61.9 Å². The van der Waals surface area contributed by atoms with Crippen LogP contribution in [0.25, 0.3) is 11.5 Å². The third-order valence-electron chi connectivity index (χ3n) is 6.17. The third kappa shape index (κ3) is 7.25. The van der Waals surface area contributed by atoms with Crippen molar-refractivity contribution >= 4 is 12.1 Å². The number of amides is 1. The molecule has 3 aromatic carbocycles. The Labute approximate surface area is 227 Å². The molecule has 0 saturated carbocycles. The summed E-state index contributed by atoms with van der Waals surface area (Å²) in [6.45, 7) is 7.87. The maximum Gasteiger partial charge on any atom is 0.416 e. The van der Waals surface area contributed by atoms with Gasteiger partial charge in [-0.25, -0.2) is 9.78 Å². The molecule has 0 aliphatic rings. The maximum absolute atomic E-state index is 12.7. The van der Waals surface area contributed by atoms with Crippen LogP contribution >= 0.6 is 0 Å². The van der Waals surface area contributed by atoms with Gasteiger partial charge in [0.25, 0.3) is 0 Å². The molecule has 0 unspecified atom stereocenters. The Bertz CT molecular complexity index is 1410. The molecule has 0 spiro atoms. The smallest absolute Gasteiger partial charge is 0.416 e. The first-order valence-electron chi connectivity index (χ1n) is 12.6. The monoisotopic (exact) mass is 528 g/mol. The van der Waals surface area contributed by atoms with Crippen molar-refractivity contribution in [3.8, 4) is 23.0 Å². The van der Waals surface area contributed by atoms with E-state index in [1.165, 1.54) is 0 Å². The minimum atomic E-state index is -1.13. The van der Waals surface area contributed by atoms with Gasteiger partial charge in [0.1, 0.15) is 23.8 Å². The van der Waals surface area contributed by atoms with E-state index < -0.39 is 24.0 Å². The summed E-state index contributed by atoms with van der Waals surface area (Å²) in [7, 11) is 0. The van der Waals surface area contributed by atoms with Crippen LogP contribution in [0.15, 0.2) is 83.3 Å². The average molecular weight is 529 g/mol. The van der Waals surface area contributed by atoms with E-state index in [0.29, 0.717) is 24.0 Å². The molecule has 39 heavy (non-hydrogen) atoms. The predicted octanol–water partition coefficient (Wildman–Crippen LogP) is 6.40. The highest BCUT2D eigenvalue weighted by Gasteiger charge is 2.29. The molecule has 1 N–H and O–H groups in total. The van der Waals surface area contributed by atoms with E-state index in [9.17, 15) is 14.7 Å². The molecule has 1 heterocycles. The Morgan fingerprint density at radius 1 is 0.923 bits per heavy atom. The van der Waals surface area contributed by atoms with Crippen molar-refractivity contribution in [3.05, 3.63) is 101 Å². The Hall–Kier alpha value is -4.59. The number of carbonyl (C=O) groups is 2. The van der Waals surface area contributed by atoms with Crippen LogP contribution in [0.2, 0.25) is 0 Å². The second-order valence-corrected chi connectivity index (χ2v) is 10.0. The zero-order valence-corrected chi connectivity index (χ0v) is 22.5. The topological polar surface area (TPSA) is 102 Å². The molecule has 4 rings (SSSR count). The van der Waals surface area contributed by atoms with Gasteiger partial charge in [-0.15, -0.1) is 0 Å². The molecule has 0 aliphatic heterocycles. The van der Waals surface area contributed by atoms with Gasteiger partial charge in [-0.05, 0) is 55.8 Å². The number of benzene rings is 3. The van der Waals surface area contributed by atoms with Crippen molar-refractivity contribution in [2.24, 2.45) is 0 Å². The van der Waals surface area contributed by atoms with Crippen molar-refractivity contribution < 1.29 is 28.6 Å². The number of carbonyl (C=O) groups excluding carboxylic acids is 1. The first-order valence-corrected chi connectivity index (χ1v) is 12.6. The van der Waals surface area contributed by atoms with Gasteiger partial charge in [0.05, 0.1) is 12.3 Å². The average Bonchev–Trinajstić information content (AvgIpc) is 3.32. The first-order chi connectivity index (χ1) is 18.6. The number of nitrogens with zero attached hydrogens (tertiary/aromatic N) is 2. The highest BCUT2D eigenvalue weighted by Crippen LogP contribution is 2.31. The van der Waals surface area contributed by atoms with Gasteiger partial charge in [0.15, 0.2) is 0 Å². The van der Waals surface area contributed by atoms with Gasteiger partial charge in [-0.3, -0.25) is 9.69 Å². The quantitative estimate of drug-likeness (QED) is 0.254. The third-order valence-corrected chi connectivity index (χ3v) is 6.17. The molecule has 4 aromatic rings. The van der Waals surface area contributed by atoms with E-state index in [0.717, 1.165) is 33.0 Å². The fourth-order valence-corrected chi connectivity index (χ4v) is 4.09. The molecule has 0 atom stereocenters. The second-order valence-electron chi connectivity index (χ2n) is 10.0.